The molecule has 1 saturated heterocycles. The van der Waals surface area contributed by atoms with Crippen molar-refractivity contribution < 1.29 is 19.0 Å². The quantitative estimate of drug-likeness (QED) is 0.358. The summed E-state index contributed by atoms with van der Waals surface area (Å²) in [6.45, 7) is 10.1. The van der Waals surface area contributed by atoms with Gasteiger partial charge in [-0.2, -0.15) is 5.26 Å². The fourth-order valence-electron chi connectivity index (χ4n) is 4.85. The molecular formula is C29H33N5O4. The number of ether oxygens (including phenoxy) is 3. The van der Waals surface area contributed by atoms with E-state index in [4.69, 9.17) is 14.2 Å². The van der Waals surface area contributed by atoms with Crippen molar-refractivity contribution in [1.29, 1.82) is 5.26 Å². The Hall–Kier alpha value is -4.03. The Labute approximate surface area is 221 Å². The first-order valence-electron chi connectivity index (χ1n) is 12.9. The van der Waals surface area contributed by atoms with E-state index in [2.05, 4.69) is 20.9 Å². The number of aromatic nitrogens is 2. The number of piperazine rings is 1. The number of hydrogen-bond acceptors (Lipinski definition) is 7. The number of carbonyl (C=O) groups excluding carboxylic acids is 1. The van der Waals surface area contributed by atoms with E-state index < -0.39 is 5.60 Å². The average molecular weight is 516 g/mol. The molecule has 0 atom stereocenters. The number of hydrogen-bond donors (Lipinski definition) is 1. The highest BCUT2D eigenvalue weighted by molar-refractivity contribution is 6.16. The number of carbonyl (C=O) groups is 1. The van der Waals surface area contributed by atoms with E-state index in [0.717, 1.165) is 58.8 Å². The van der Waals surface area contributed by atoms with Gasteiger partial charge >= 0.3 is 6.09 Å². The monoisotopic (exact) mass is 515 g/mol. The topological polar surface area (TPSA) is 104 Å². The number of methoxy groups -OCH3 is 1. The second-order valence-electron chi connectivity index (χ2n) is 10.6. The van der Waals surface area contributed by atoms with Gasteiger partial charge in [0.25, 0.3) is 0 Å². The Kier molecular flexibility index (Phi) is 7.00. The lowest BCUT2D eigenvalue weighted by atomic mass is 10.1. The number of amides is 1. The summed E-state index contributed by atoms with van der Waals surface area (Å²) in [7, 11) is 1.64. The van der Waals surface area contributed by atoms with Crippen molar-refractivity contribution >= 4 is 38.8 Å². The number of rotatable bonds is 6. The second-order valence-corrected chi connectivity index (χ2v) is 10.6. The molecular weight excluding hydrogens is 482 g/mol. The zero-order valence-electron chi connectivity index (χ0n) is 22.3. The molecule has 198 valence electrons. The van der Waals surface area contributed by atoms with Crippen LogP contribution in [-0.4, -0.2) is 77.9 Å². The Balaban J connectivity index is 1.22. The fraction of sp³-hybridized carbons (Fsp3) is 0.414. The van der Waals surface area contributed by atoms with Gasteiger partial charge in [0.1, 0.15) is 5.60 Å². The number of H-pyrrole nitrogens is 1. The summed E-state index contributed by atoms with van der Waals surface area (Å²) in [5.41, 5.74) is 2.79. The smallest absolute Gasteiger partial charge is 0.410 e. The van der Waals surface area contributed by atoms with Crippen LogP contribution in [0.3, 0.4) is 0 Å². The van der Waals surface area contributed by atoms with Crippen LogP contribution in [0.1, 0.15) is 32.8 Å². The zero-order chi connectivity index (χ0) is 26.9. The summed E-state index contributed by atoms with van der Waals surface area (Å²) >= 11 is 0. The maximum absolute atomic E-state index is 12.3. The minimum absolute atomic E-state index is 0.242. The molecule has 4 aromatic rings. The SMILES string of the molecule is COc1cc2c(cc1OCCCN1CCN(C(=O)OC(C)(C)C)CC1)ncc1c3ccc(C#N)cc3[nH]c21. The average Bonchev–Trinajstić information content (AvgIpc) is 3.28. The maximum atomic E-state index is 12.3. The van der Waals surface area contributed by atoms with Gasteiger partial charge in [0.05, 0.1) is 36.4 Å². The van der Waals surface area contributed by atoms with Crippen molar-refractivity contribution in [2.45, 2.75) is 32.8 Å². The highest BCUT2D eigenvalue weighted by atomic mass is 16.6. The first-order valence-corrected chi connectivity index (χ1v) is 12.9. The number of fused-ring (bicyclic) bond motifs is 5. The van der Waals surface area contributed by atoms with Gasteiger partial charge in [0, 0.05) is 66.7 Å². The zero-order valence-corrected chi connectivity index (χ0v) is 22.3. The second kappa shape index (κ2) is 10.4. The maximum Gasteiger partial charge on any atom is 0.410 e. The number of benzene rings is 2. The largest absolute Gasteiger partial charge is 0.493 e. The molecule has 0 radical (unpaired) electrons. The van der Waals surface area contributed by atoms with Crippen LogP contribution in [0, 0.1) is 11.3 Å². The highest BCUT2D eigenvalue weighted by Gasteiger charge is 2.25. The first kappa shape index (κ1) is 25.6. The molecule has 0 bridgehead atoms. The van der Waals surface area contributed by atoms with Crippen LogP contribution < -0.4 is 9.47 Å². The van der Waals surface area contributed by atoms with Crippen LogP contribution in [-0.2, 0) is 4.74 Å². The number of nitrogens with one attached hydrogen (secondary N) is 1. The van der Waals surface area contributed by atoms with Crippen molar-refractivity contribution in [2.75, 3.05) is 46.4 Å². The van der Waals surface area contributed by atoms with Crippen LogP contribution >= 0.6 is 0 Å². The number of nitriles is 1. The van der Waals surface area contributed by atoms with Gasteiger partial charge < -0.3 is 24.1 Å². The molecule has 1 N–H and O–H groups in total. The molecule has 5 rings (SSSR count). The van der Waals surface area contributed by atoms with E-state index >= 15 is 0 Å². The molecule has 9 nitrogen and oxygen atoms in total. The highest BCUT2D eigenvalue weighted by Crippen LogP contribution is 2.37. The summed E-state index contributed by atoms with van der Waals surface area (Å²) in [5.74, 6) is 1.30. The number of pyridine rings is 1. The van der Waals surface area contributed by atoms with Gasteiger partial charge in [-0.1, -0.05) is 6.07 Å². The van der Waals surface area contributed by atoms with Gasteiger partial charge in [-0.3, -0.25) is 9.88 Å². The molecule has 3 heterocycles. The lowest BCUT2D eigenvalue weighted by Gasteiger charge is -2.35. The van der Waals surface area contributed by atoms with E-state index in [1.807, 2.05) is 57.3 Å². The lowest BCUT2D eigenvalue weighted by molar-refractivity contribution is 0.0142. The van der Waals surface area contributed by atoms with Gasteiger partial charge in [-0.25, -0.2) is 4.79 Å². The van der Waals surface area contributed by atoms with E-state index in [-0.39, 0.29) is 6.09 Å². The van der Waals surface area contributed by atoms with E-state index in [1.165, 1.54) is 0 Å². The van der Waals surface area contributed by atoms with Crippen molar-refractivity contribution in [2.24, 2.45) is 0 Å². The van der Waals surface area contributed by atoms with E-state index in [1.54, 1.807) is 12.0 Å². The molecule has 1 aliphatic heterocycles. The molecule has 1 fully saturated rings. The van der Waals surface area contributed by atoms with Gasteiger partial charge in [0.15, 0.2) is 11.5 Å². The molecule has 0 aliphatic carbocycles. The normalized spacial score (nSPS) is 14.7. The molecule has 38 heavy (non-hydrogen) atoms. The standard InChI is InChI=1S/C29H33N5O4/c1-29(2,3)38-28(35)34-11-9-33(10-12-34)8-5-13-37-26-16-23-21(15-25(26)36-4)27-22(18-31-23)20-7-6-19(17-30)14-24(20)32-27/h6-7,14-16,18,32H,5,8-13H2,1-4H3. The van der Waals surface area contributed by atoms with E-state index in [9.17, 15) is 10.1 Å². The predicted octanol–water partition coefficient (Wildman–Crippen LogP) is 5.07. The van der Waals surface area contributed by atoms with E-state index in [0.29, 0.717) is 36.8 Å². The summed E-state index contributed by atoms with van der Waals surface area (Å²) in [6.07, 6.45) is 2.47. The molecule has 0 saturated carbocycles. The predicted molar refractivity (Wildman–Crippen MR) is 147 cm³/mol. The third-order valence-corrected chi connectivity index (χ3v) is 6.75. The van der Waals surface area contributed by atoms with Crippen molar-refractivity contribution in [1.82, 2.24) is 19.8 Å². The summed E-state index contributed by atoms with van der Waals surface area (Å²) < 4.78 is 17.3. The molecule has 1 aliphatic rings. The van der Waals surface area contributed by atoms with Crippen LogP contribution in [0.15, 0.2) is 36.5 Å². The molecule has 9 heteroatoms. The summed E-state index contributed by atoms with van der Waals surface area (Å²) in [6, 6.07) is 11.7. The summed E-state index contributed by atoms with van der Waals surface area (Å²) in [5, 5.41) is 12.2. The molecule has 2 aromatic heterocycles. The van der Waals surface area contributed by atoms with Crippen molar-refractivity contribution in [3.8, 4) is 17.6 Å². The van der Waals surface area contributed by atoms with Gasteiger partial charge in [-0.15, -0.1) is 0 Å². The third kappa shape index (κ3) is 5.31. The first-order chi connectivity index (χ1) is 18.3. The minimum atomic E-state index is -0.478. The van der Waals surface area contributed by atoms with Crippen LogP contribution in [0.4, 0.5) is 4.79 Å². The summed E-state index contributed by atoms with van der Waals surface area (Å²) in [4.78, 5) is 24.5. The van der Waals surface area contributed by atoms with Crippen LogP contribution in [0.25, 0.3) is 32.7 Å². The Bertz CT molecular complexity index is 1520. The molecule has 1 amide bonds. The number of nitrogens with zero attached hydrogens (tertiary/aromatic N) is 4. The molecule has 0 spiro atoms. The molecule has 0 unspecified atom stereocenters. The fourth-order valence-corrected chi connectivity index (χ4v) is 4.85. The Morgan fingerprint density at radius 3 is 2.58 bits per heavy atom. The van der Waals surface area contributed by atoms with Crippen LogP contribution in [0.5, 0.6) is 11.5 Å². The van der Waals surface area contributed by atoms with Crippen molar-refractivity contribution in [3.63, 3.8) is 0 Å². The third-order valence-electron chi connectivity index (χ3n) is 6.75. The van der Waals surface area contributed by atoms with Crippen LogP contribution in [0.2, 0.25) is 0 Å². The Morgan fingerprint density at radius 2 is 1.87 bits per heavy atom. The van der Waals surface area contributed by atoms with Gasteiger partial charge in [-0.05, 0) is 45.4 Å². The van der Waals surface area contributed by atoms with Gasteiger partial charge in [0.2, 0.25) is 0 Å². The molecule has 2 aromatic carbocycles. The minimum Gasteiger partial charge on any atom is -0.493 e. The number of aromatic amines is 1. The lowest BCUT2D eigenvalue weighted by Crippen LogP contribution is -2.50. The Morgan fingerprint density at radius 1 is 1.08 bits per heavy atom. The van der Waals surface area contributed by atoms with Crippen molar-refractivity contribution in [3.05, 3.63) is 42.1 Å².